The molecule has 3 aromatic rings. The lowest BCUT2D eigenvalue weighted by atomic mass is 10.3. The number of hydrogen-bond acceptors (Lipinski definition) is 6. The number of hydrogen-bond donors (Lipinski definition) is 1. The van der Waals surface area contributed by atoms with Gasteiger partial charge in [-0.3, -0.25) is 14.9 Å². The average molecular weight is 436 g/mol. The summed E-state index contributed by atoms with van der Waals surface area (Å²) >= 11 is 4.57. The molecule has 26 heavy (non-hydrogen) atoms. The molecule has 0 radical (unpaired) electrons. The maximum Gasteiger partial charge on any atom is 0.270 e. The van der Waals surface area contributed by atoms with E-state index in [9.17, 15) is 14.9 Å². The summed E-state index contributed by atoms with van der Waals surface area (Å²) < 4.78 is 7.20. The van der Waals surface area contributed by atoms with Gasteiger partial charge in [-0.05, 0) is 36.8 Å². The minimum Gasteiger partial charge on any atom is -0.494 e. The number of nitrogens with zero attached hydrogens (tertiary/aromatic N) is 2. The Labute approximate surface area is 161 Å². The molecule has 1 N–H and O–H groups in total. The van der Waals surface area contributed by atoms with Gasteiger partial charge in [0, 0.05) is 23.0 Å². The highest BCUT2D eigenvalue weighted by atomic mass is 79.9. The highest BCUT2D eigenvalue weighted by molar-refractivity contribution is 9.10. The Bertz CT molecular complexity index is 943. The molecular weight excluding hydrogens is 422 g/mol. The van der Waals surface area contributed by atoms with Crippen LogP contribution in [-0.2, 0) is 4.79 Å². The average Bonchev–Trinajstić information content (AvgIpc) is 3.01. The molecule has 7 nitrogen and oxygen atoms in total. The monoisotopic (exact) mass is 435 g/mol. The summed E-state index contributed by atoms with van der Waals surface area (Å²) in [7, 11) is 0. The fraction of sp³-hybridized carbons (Fsp3) is 0.176. The number of non-ortho nitro benzene ring substituents is 1. The fourth-order valence-corrected chi connectivity index (χ4v) is 3.40. The van der Waals surface area contributed by atoms with E-state index < -0.39 is 4.92 Å². The van der Waals surface area contributed by atoms with Crippen LogP contribution in [0.3, 0.4) is 0 Å². The lowest BCUT2D eigenvalue weighted by molar-refractivity contribution is -0.384. The minimum atomic E-state index is -0.456. The Morgan fingerprint density at radius 2 is 2.04 bits per heavy atom. The van der Waals surface area contributed by atoms with Crippen molar-refractivity contribution >= 4 is 54.2 Å². The molecule has 0 atom stereocenters. The van der Waals surface area contributed by atoms with Crippen LogP contribution in [0.1, 0.15) is 12.8 Å². The second kappa shape index (κ2) is 8.24. The number of carbonyl (C=O) groups excluding carboxylic acids is 1. The van der Waals surface area contributed by atoms with Crippen molar-refractivity contribution in [2.75, 3.05) is 11.9 Å². The van der Waals surface area contributed by atoms with E-state index in [4.69, 9.17) is 4.74 Å². The van der Waals surface area contributed by atoms with Gasteiger partial charge in [0.05, 0.1) is 21.7 Å². The highest BCUT2D eigenvalue weighted by Gasteiger charge is 2.12. The SMILES string of the molecule is O=C(CCCOc1ccc(Br)cc1)Nc1nc2ccc([N+](=O)[O-])cc2s1. The normalized spacial score (nSPS) is 10.7. The molecular formula is C17H14BrN3O4S. The first-order valence-electron chi connectivity index (χ1n) is 7.74. The smallest absolute Gasteiger partial charge is 0.270 e. The lowest BCUT2D eigenvalue weighted by Crippen LogP contribution is -2.12. The molecule has 1 aromatic heterocycles. The fourth-order valence-electron chi connectivity index (χ4n) is 2.22. The summed E-state index contributed by atoms with van der Waals surface area (Å²) in [4.78, 5) is 26.6. The Kier molecular flexibility index (Phi) is 5.79. The number of thiazole rings is 1. The molecule has 0 aliphatic rings. The van der Waals surface area contributed by atoms with Crippen molar-refractivity contribution in [3.8, 4) is 5.75 Å². The number of aromatic nitrogens is 1. The van der Waals surface area contributed by atoms with E-state index in [1.165, 1.54) is 23.5 Å². The molecule has 1 heterocycles. The zero-order chi connectivity index (χ0) is 18.5. The molecule has 3 rings (SSSR count). The molecule has 0 spiro atoms. The van der Waals surface area contributed by atoms with Gasteiger partial charge in [-0.15, -0.1) is 0 Å². The standard InChI is InChI=1S/C17H14BrN3O4S/c18-11-3-6-13(7-4-11)25-9-1-2-16(22)20-17-19-14-8-5-12(21(23)24)10-15(14)26-17/h3-8,10H,1-2,9H2,(H,19,20,22). The third-order valence-electron chi connectivity index (χ3n) is 3.46. The van der Waals surface area contributed by atoms with Crippen molar-refractivity contribution in [2.45, 2.75) is 12.8 Å². The van der Waals surface area contributed by atoms with Gasteiger partial charge in [0.25, 0.3) is 5.69 Å². The van der Waals surface area contributed by atoms with Crippen molar-refractivity contribution in [3.63, 3.8) is 0 Å². The van der Waals surface area contributed by atoms with Crippen LogP contribution in [0.5, 0.6) is 5.75 Å². The van der Waals surface area contributed by atoms with Gasteiger partial charge >= 0.3 is 0 Å². The van der Waals surface area contributed by atoms with Crippen LogP contribution in [0.25, 0.3) is 10.2 Å². The van der Waals surface area contributed by atoms with Gasteiger partial charge in [0.1, 0.15) is 5.75 Å². The van der Waals surface area contributed by atoms with Crippen LogP contribution in [0.4, 0.5) is 10.8 Å². The second-order valence-electron chi connectivity index (χ2n) is 5.38. The Balaban J connectivity index is 1.49. The summed E-state index contributed by atoms with van der Waals surface area (Å²) in [5, 5.41) is 14.0. The maximum absolute atomic E-state index is 12.0. The molecule has 0 aliphatic carbocycles. The van der Waals surface area contributed by atoms with Crippen LogP contribution in [0.15, 0.2) is 46.9 Å². The zero-order valence-corrected chi connectivity index (χ0v) is 15.9. The maximum atomic E-state index is 12.0. The van der Waals surface area contributed by atoms with Crippen LogP contribution < -0.4 is 10.1 Å². The van der Waals surface area contributed by atoms with Crippen molar-refractivity contribution in [1.29, 1.82) is 0 Å². The first-order chi connectivity index (χ1) is 12.5. The molecule has 0 saturated carbocycles. The number of nitro benzene ring substituents is 1. The number of anilines is 1. The summed E-state index contributed by atoms with van der Waals surface area (Å²) in [5.74, 6) is 0.583. The largest absolute Gasteiger partial charge is 0.494 e. The Morgan fingerprint density at radius 1 is 1.27 bits per heavy atom. The summed E-state index contributed by atoms with van der Waals surface area (Å²) in [6.07, 6.45) is 0.866. The van der Waals surface area contributed by atoms with Crippen molar-refractivity contribution in [1.82, 2.24) is 4.98 Å². The molecule has 0 fully saturated rings. The van der Waals surface area contributed by atoms with Crippen LogP contribution >= 0.6 is 27.3 Å². The van der Waals surface area contributed by atoms with Gasteiger partial charge in [0.2, 0.25) is 5.91 Å². The molecule has 0 unspecified atom stereocenters. The predicted octanol–water partition coefficient (Wildman–Crippen LogP) is 4.76. The molecule has 2 aromatic carbocycles. The van der Waals surface area contributed by atoms with E-state index in [-0.39, 0.29) is 11.6 Å². The van der Waals surface area contributed by atoms with E-state index in [1.807, 2.05) is 24.3 Å². The van der Waals surface area contributed by atoms with E-state index in [0.29, 0.717) is 34.8 Å². The molecule has 0 aliphatic heterocycles. The number of fused-ring (bicyclic) bond motifs is 1. The molecule has 134 valence electrons. The van der Waals surface area contributed by atoms with E-state index in [2.05, 4.69) is 26.2 Å². The van der Waals surface area contributed by atoms with Crippen LogP contribution in [0.2, 0.25) is 0 Å². The number of rotatable bonds is 7. The number of ether oxygens (including phenoxy) is 1. The molecule has 0 saturated heterocycles. The number of carbonyl (C=O) groups is 1. The van der Waals surface area contributed by atoms with Crippen molar-refractivity contribution < 1.29 is 14.5 Å². The van der Waals surface area contributed by atoms with Crippen LogP contribution in [0, 0.1) is 10.1 Å². The number of halogens is 1. The molecule has 0 bridgehead atoms. The second-order valence-corrected chi connectivity index (χ2v) is 7.33. The Hall–Kier alpha value is -2.52. The minimum absolute atomic E-state index is 0.00381. The summed E-state index contributed by atoms with van der Waals surface area (Å²) in [6.45, 7) is 0.432. The predicted molar refractivity (Wildman–Crippen MR) is 104 cm³/mol. The van der Waals surface area contributed by atoms with Crippen molar-refractivity contribution in [2.24, 2.45) is 0 Å². The van der Waals surface area contributed by atoms with E-state index in [1.54, 1.807) is 6.07 Å². The molecule has 9 heteroatoms. The Morgan fingerprint density at radius 3 is 2.77 bits per heavy atom. The first kappa shape index (κ1) is 18.3. The van der Waals surface area contributed by atoms with Gasteiger partial charge in [-0.1, -0.05) is 27.3 Å². The highest BCUT2D eigenvalue weighted by Crippen LogP contribution is 2.29. The van der Waals surface area contributed by atoms with Gasteiger partial charge in [-0.25, -0.2) is 4.98 Å². The lowest BCUT2D eigenvalue weighted by Gasteiger charge is -2.06. The third-order valence-corrected chi connectivity index (χ3v) is 4.92. The van der Waals surface area contributed by atoms with E-state index in [0.717, 1.165) is 10.2 Å². The van der Waals surface area contributed by atoms with Crippen molar-refractivity contribution in [3.05, 3.63) is 57.1 Å². The van der Waals surface area contributed by atoms with E-state index >= 15 is 0 Å². The summed E-state index contributed by atoms with van der Waals surface area (Å²) in [5.41, 5.74) is 0.624. The van der Waals surface area contributed by atoms with Gasteiger partial charge in [0.15, 0.2) is 5.13 Å². The topological polar surface area (TPSA) is 94.4 Å². The van der Waals surface area contributed by atoms with Crippen LogP contribution in [-0.4, -0.2) is 22.4 Å². The number of benzene rings is 2. The zero-order valence-electron chi connectivity index (χ0n) is 13.5. The van der Waals surface area contributed by atoms with Gasteiger partial charge < -0.3 is 10.1 Å². The first-order valence-corrected chi connectivity index (χ1v) is 9.35. The molecule has 1 amide bonds. The van der Waals surface area contributed by atoms with Gasteiger partial charge in [-0.2, -0.15) is 0 Å². The number of nitro groups is 1. The number of amides is 1. The summed E-state index contributed by atoms with van der Waals surface area (Å²) in [6, 6.07) is 11.9. The number of nitrogens with one attached hydrogen (secondary N) is 1. The third kappa shape index (κ3) is 4.77. The quantitative estimate of drug-likeness (QED) is 0.327.